The molecule has 5 heteroatoms. The summed E-state index contributed by atoms with van der Waals surface area (Å²) in [5.74, 6) is -0.201. The van der Waals surface area contributed by atoms with Crippen LogP contribution in [-0.2, 0) is 11.3 Å². The van der Waals surface area contributed by atoms with Gasteiger partial charge in [0.15, 0.2) is 5.78 Å². The van der Waals surface area contributed by atoms with Gasteiger partial charge in [0, 0.05) is 36.4 Å². The highest BCUT2D eigenvalue weighted by Gasteiger charge is 2.12. The fourth-order valence-electron chi connectivity index (χ4n) is 2.85. The molecule has 1 amide bonds. The second-order valence-electron chi connectivity index (χ2n) is 6.18. The van der Waals surface area contributed by atoms with Crippen LogP contribution in [0, 0.1) is 0 Å². The SMILES string of the molecule is CC(=O)c1cccc(NC(=O)c2cccc(CN3CCOCC3)c2)c1. The van der Waals surface area contributed by atoms with E-state index < -0.39 is 0 Å². The summed E-state index contributed by atoms with van der Waals surface area (Å²) in [5.41, 5.74) is 2.92. The van der Waals surface area contributed by atoms with Crippen LogP contribution in [0.4, 0.5) is 5.69 Å². The Bertz CT molecular complexity index is 767. The Balaban J connectivity index is 1.68. The quantitative estimate of drug-likeness (QED) is 0.852. The number of benzene rings is 2. The maximum Gasteiger partial charge on any atom is 0.255 e. The minimum atomic E-state index is -0.176. The van der Waals surface area contributed by atoms with Gasteiger partial charge in [0.1, 0.15) is 0 Å². The van der Waals surface area contributed by atoms with Crippen LogP contribution >= 0.6 is 0 Å². The number of morpholine rings is 1. The number of carbonyl (C=O) groups excluding carboxylic acids is 2. The summed E-state index contributed by atoms with van der Waals surface area (Å²) in [7, 11) is 0. The van der Waals surface area contributed by atoms with Crippen LogP contribution in [0.5, 0.6) is 0 Å². The zero-order valence-electron chi connectivity index (χ0n) is 14.3. The molecule has 0 spiro atoms. The molecular formula is C20H22N2O3. The van der Waals surface area contributed by atoms with Crippen LogP contribution < -0.4 is 5.32 Å². The number of hydrogen-bond donors (Lipinski definition) is 1. The van der Waals surface area contributed by atoms with Gasteiger partial charge in [0.05, 0.1) is 13.2 Å². The summed E-state index contributed by atoms with van der Waals surface area (Å²) in [6, 6.07) is 14.6. The van der Waals surface area contributed by atoms with Gasteiger partial charge < -0.3 is 10.1 Å². The molecule has 3 rings (SSSR count). The number of anilines is 1. The van der Waals surface area contributed by atoms with Crippen molar-refractivity contribution in [2.75, 3.05) is 31.6 Å². The molecule has 130 valence electrons. The van der Waals surface area contributed by atoms with Gasteiger partial charge in [-0.3, -0.25) is 14.5 Å². The molecule has 1 aliphatic rings. The number of ketones is 1. The molecule has 2 aromatic carbocycles. The van der Waals surface area contributed by atoms with Crippen LogP contribution in [0.2, 0.25) is 0 Å². The fourth-order valence-corrected chi connectivity index (χ4v) is 2.85. The number of amides is 1. The second-order valence-corrected chi connectivity index (χ2v) is 6.18. The Kier molecular flexibility index (Phi) is 5.58. The molecule has 2 aromatic rings. The summed E-state index contributed by atoms with van der Waals surface area (Å²) in [6.45, 7) is 5.65. The lowest BCUT2D eigenvalue weighted by atomic mass is 10.1. The number of carbonyl (C=O) groups is 2. The Morgan fingerprint density at radius 2 is 1.76 bits per heavy atom. The van der Waals surface area contributed by atoms with E-state index in [2.05, 4.69) is 10.2 Å². The van der Waals surface area contributed by atoms with E-state index in [0.717, 1.165) is 38.4 Å². The van der Waals surface area contributed by atoms with E-state index in [1.165, 1.54) is 6.92 Å². The van der Waals surface area contributed by atoms with E-state index in [1.54, 1.807) is 30.3 Å². The third-order valence-electron chi connectivity index (χ3n) is 4.23. The Labute approximate surface area is 147 Å². The number of rotatable bonds is 5. The largest absolute Gasteiger partial charge is 0.379 e. The minimum absolute atomic E-state index is 0.0244. The van der Waals surface area contributed by atoms with E-state index >= 15 is 0 Å². The molecule has 1 fully saturated rings. The van der Waals surface area contributed by atoms with Crippen molar-refractivity contribution in [3.05, 3.63) is 65.2 Å². The molecule has 0 bridgehead atoms. The van der Waals surface area contributed by atoms with E-state index in [4.69, 9.17) is 4.74 Å². The molecule has 0 aromatic heterocycles. The van der Waals surface area contributed by atoms with Gasteiger partial charge >= 0.3 is 0 Å². The zero-order chi connectivity index (χ0) is 17.6. The number of hydrogen-bond acceptors (Lipinski definition) is 4. The van der Waals surface area contributed by atoms with Gasteiger partial charge in [-0.1, -0.05) is 24.3 Å². The maximum absolute atomic E-state index is 12.5. The average Bonchev–Trinajstić information content (AvgIpc) is 2.63. The first kappa shape index (κ1) is 17.3. The molecule has 0 aliphatic carbocycles. The lowest BCUT2D eigenvalue weighted by Gasteiger charge is -2.26. The number of nitrogens with zero attached hydrogens (tertiary/aromatic N) is 1. The summed E-state index contributed by atoms with van der Waals surface area (Å²) in [5, 5.41) is 2.86. The Morgan fingerprint density at radius 3 is 2.52 bits per heavy atom. The highest BCUT2D eigenvalue weighted by Crippen LogP contribution is 2.15. The van der Waals surface area contributed by atoms with E-state index in [1.807, 2.05) is 18.2 Å². The molecule has 0 radical (unpaired) electrons. The molecule has 1 aliphatic heterocycles. The Morgan fingerprint density at radius 1 is 1.04 bits per heavy atom. The highest BCUT2D eigenvalue weighted by molar-refractivity contribution is 6.05. The van der Waals surface area contributed by atoms with Crippen molar-refractivity contribution >= 4 is 17.4 Å². The standard InChI is InChI=1S/C20H22N2O3/c1-15(23)17-5-3-7-19(13-17)21-20(24)18-6-2-4-16(12-18)14-22-8-10-25-11-9-22/h2-7,12-13H,8-11,14H2,1H3,(H,21,24). The lowest BCUT2D eigenvalue weighted by molar-refractivity contribution is 0.0342. The summed E-state index contributed by atoms with van der Waals surface area (Å²) >= 11 is 0. The molecule has 25 heavy (non-hydrogen) atoms. The fraction of sp³-hybridized carbons (Fsp3) is 0.300. The molecule has 1 saturated heterocycles. The second kappa shape index (κ2) is 8.05. The first-order chi connectivity index (χ1) is 12.1. The smallest absolute Gasteiger partial charge is 0.255 e. The van der Waals surface area contributed by atoms with Crippen molar-refractivity contribution in [1.29, 1.82) is 0 Å². The first-order valence-electron chi connectivity index (χ1n) is 8.43. The normalized spacial score (nSPS) is 14.9. The number of Topliss-reactive ketones (excluding diaryl/α,β-unsaturated/α-hetero) is 1. The van der Waals surface area contributed by atoms with Gasteiger partial charge in [-0.25, -0.2) is 0 Å². The third-order valence-corrected chi connectivity index (χ3v) is 4.23. The predicted molar refractivity (Wildman–Crippen MR) is 96.9 cm³/mol. The van der Waals surface area contributed by atoms with Crippen molar-refractivity contribution in [3.8, 4) is 0 Å². The summed E-state index contributed by atoms with van der Waals surface area (Å²) in [6.07, 6.45) is 0. The molecule has 1 N–H and O–H groups in total. The topological polar surface area (TPSA) is 58.6 Å². The van der Waals surface area contributed by atoms with E-state index in [0.29, 0.717) is 16.8 Å². The average molecular weight is 338 g/mol. The van der Waals surface area contributed by atoms with Crippen molar-refractivity contribution in [1.82, 2.24) is 4.90 Å². The van der Waals surface area contributed by atoms with Gasteiger partial charge in [-0.2, -0.15) is 0 Å². The summed E-state index contributed by atoms with van der Waals surface area (Å²) in [4.78, 5) is 26.3. The number of nitrogens with one attached hydrogen (secondary N) is 1. The van der Waals surface area contributed by atoms with E-state index in [-0.39, 0.29) is 11.7 Å². The number of ether oxygens (including phenoxy) is 1. The van der Waals surface area contributed by atoms with Crippen LogP contribution in [-0.4, -0.2) is 42.9 Å². The first-order valence-corrected chi connectivity index (χ1v) is 8.43. The maximum atomic E-state index is 12.5. The molecule has 1 heterocycles. The van der Waals surface area contributed by atoms with Crippen LogP contribution in [0.25, 0.3) is 0 Å². The Hall–Kier alpha value is -2.50. The van der Waals surface area contributed by atoms with Crippen molar-refractivity contribution in [3.63, 3.8) is 0 Å². The predicted octanol–water partition coefficient (Wildman–Crippen LogP) is 2.97. The van der Waals surface area contributed by atoms with Crippen LogP contribution in [0.1, 0.15) is 33.2 Å². The van der Waals surface area contributed by atoms with Crippen LogP contribution in [0.15, 0.2) is 48.5 Å². The highest BCUT2D eigenvalue weighted by atomic mass is 16.5. The van der Waals surface area contributed by atoms with Gasteiger partial charge in [0.2, 0.25) is 0 Å². The molecule has 0 atom stereocenters. The molecule has 5 nitrogen and oxygen atoms in total. The molecule has 0 unspecified atom stereocenters. The minimum Gasteiger partial charge on any atom is -0.379 e. The van der Waals surface area contributed by atoms with Crippen molar-refractivity contribution in [2.24, 2.45) is 0 Å². The monoisotopic (exact) mass is 338 g/mol. The van der Waals surface area contributed by atoms with Gasteiger partial charge in [-0.15, -0.1) is 0 Å². The molecular weight excluding hydrogens is 316 g/mol. The van der Waals surface area contributed by atoms with Crippen LogP contribution in [0.3, 0.4) is 0 Å². The van der Waals surface area contributed by atoms with Gasteiger partial charge in [-0.05, 0) is 36.8 Å². The summed E-state index contributed by atoms with van der Waals surface area (Å²) < 4.78 is 5.36. The zero-order valence-corrected chi connectivity index (χ0v) is 14.3. The van der Waals surface area contributed by atoms with Gasteiger partial charge in [0.25, 0.3) is 5.91 Å². The van der Waals surface area contributed by atoms with E-state index in [9.17, 15) is 9.59 Å². The van der Waals surface area contributed by atoms with Crippen molar-refractivity contribution in [2.45, 2.75) is 13.5 Å². The lowest BCUT2D eigenvalue weighted by Crippen LogP contribution is -2.35. The van der Waals surface area contributed by atoms with Crippen molar-refractivity contribution < 1.29 is 14.3 Å². The molecule has 0 saturated carbocycles. The third kappa shape index (κ3) is 4.75.